The number of nitrogens with zero attached hydrogens (tertiary/aromatic N) is 2. The van der Waals surface area contributed by atoms with Crippen LogP contribution in [-0.2, 0) is 4.74 Å². The maximum Gasteiger partial charge on any atom is 0.341 e. The lowest BCUT2D eigenvalue weighted by atomic mass is 10.1. The molecule has 1 heterocycles. The summed E-state index contributed by atoms with van der Waals surface area (Å²) in [5, 5.41) is 4.22. The average Bonchev–Trinajstić information content (AvgIpc) is 3.14. The fraction of sp³-hybridized carbons (Fsp3) is 0.182. The molecule has 30 heavy (non-hydrogen) atoms. The van der Waals surface area contributed by atoms with Gasteiger partial charge in [0.1, 0.15) is 5.56 Å². The third kappa shape index (κ3) is 4.54. The van der Waals surface area contributed by atoms with Crippen LogP contribution in [0.15, 0.2) is 54.7 Å². The van der Waals surface area contributed by atoms with E-state index >= 15 is 0 Å². The Morgan fingerprint density at radius 3 is 1.97 bits per heavy atom. The summed E-state index contributed by atoms with van der Waals surface area (Å²) in [5.41, 5.74) is 8.34. The number of hydrazine groups is 1. The van der Waals surface area contributed by atoms with Gasteiger partial charge >= 0.3 is 5.97 Å². The predicted octanol–water partition coefficient (Wildman–Crippen LogP) is 2.74. The molecule has 2 amide bonds. The Bertz CT molecular complexity index is 1070. The molecule has 0 aliphatic rings. The number of aryl methyl sites for hydroxylation is 1. The smallest absolute Gasteiger partial charge is 0.341 e. The van der Waals surface area contributed by atoms with E-state index in [0.717, 1.165) is 5.56 Å². The van der Waals surface area contributed by atoms with E-state index in [2.05, 4.69) is 16.0 Å². The molecule has 8 nitrogen and oxygen atoms in total. The molecule has 2 N–H and O–H groups in total. The number of hydrogen-bond acceptors (Lipinski definition) is 5. The monoisotopic (exact) mass is 406 g/mol. The van der Waals surface area contributed by atoms with Crippen LogP contribution < -0.4 is 10.9 Å². The van der Waals surface area contributed by atoms with E-state index in [0.29, 0.717) is 28.1 Å². The molecule has 0 fully saturated rings. The summed E-state index contributed by atoms with van der Waals surface area (Å²) in [5.74, 6) is -1.29. The van der Waals surface area contributed by atoms with Crippen molar-refractivity contribution in [2.24, 2.45) is 0 Å². The highest BCUT2D eigenvalue weighted by atomic mass is 16.5. The molecule has 0 atom stereocenters. The molecular weight excluding hydrogens is 384 g/mol. The van der Waals surface area contributed by atoms with Crippen LogP contribution in [0.3, 0.4) is 0 Å². The average molecular weight is 406 g/mol. The van der Waals surface area contributed by atoms with Crippen LogP contribution in [0.25, 0.3) is 5.69 Å². The van der Waals surface area contributed by atoms with Crippen LogP contribution >= 0.6 is 0 Å². The molecular formula is C22H22N4O4. The van der Waals surface area contributed by atoms with E-state index in [4.69, 9.17) is 4.74 Å². The highest BCUT2D eigenvalue weighted by Crippen LogP contribution is 2.16. The van der Waals surface area contributed by atoms with Gasteiger partial charge in [-0.3, -0.25) is 20.4 Å². The number of ether oxygens (including phenoxy) is 1. The first kappa shape index (κ1) is 20.8. The minimum atomic E-state index is -0.452. The molecule has 0 aliphatic carbocycles. The Morgan fingerprint density at radius 2 is 1.43 bits per heavy atom. The van der Waals surface area contributed by atoms with Gasteiger partial charge in [-0.05, 0) is 57.2 Å². The van der Waals surface area contributed by atoms with E-state index in [9.17, 15) is 14.4 Å². The lowest BCUT2D eigenvalue weighted by Gasteiger charge is -2.09. The van der Waals surface area contributed by atoms with E-state index in [1.54, 1.807) is 54.9 Å². The number of nitrogens with one attached hydrogen (secondary N) is 2. The normalized spacial score (nSPS) is 10.4. The van der Waals surface area contributed by atoms with Crippen LogP contribution in [-0.4, -0.2) is 34.2 Å². The number of amides is 2. The topological polar surface area (TPSA) is 102 Å². The third-order valence-electron chi connectivity index (χ3n) is 4.48. The van der Waals surface area contributed by atoms with Crippen molar-refractivity contribution in [3.05, 3.63) is 82.7 Å². The molecule has 8 heteroatoms. The highest BCUT2D eigenvalue weighted by Gasteiger charge is 2.16. The van der Waals surface area contributed by atoms with Crippen molar-refractivity contribution < 1.29 is 19.1 Å². The summed E-state index contributed by atoms with van der Waals surface area (Å²) in [6.45, 7) is 5.72. The Labute approximate surface area is 173 Å². The van der Waals surface area contributed by atoms with Crippen LogP contribution in [0.2, 0.25) is 0 Å². The number of aromatic nitrogens is 2. The number of carbonyl (C=O) groups is 3. The lowest BCUT2D eigenvalue weighted by Crippen LogP contribution is -2.41. The molecule has 3 aromatic rings. The van der Waals surface area contributed by atoms with Gasteiger partial charge in [-0.15, -0.1) is 0 Å². The molecule has 0 saturated carbocycles. The van der Waals surface area contributed by atoms with Gasteiger partial charge in [0.2, 0.25) is 0 Å². The summed E-state index contributed by atoms with van der Waals surface area (Å²) in [6, 6.07) is 13.6. The minimum absolute atomic E-state index is 0.285. The van der Waals surface area contributed by atoms with E-state index < -0.39 is 17.8 Å². The van der Waals surface area contributed by atoms with Crippen LogP contribution in [0.4, 0.5) is 0 Å². The van der Waals surface area contributed by atoms with Gasteiger partial charge in [-0.2, -0.15) is 5.10 Å². The Balaban J connectivity index is 1.65. The summed E-state index contributed by atoms with van der Waals surface area (Å²) in [7, 11) is 0. The minimum Gasteiger partial charge on any atom is -0.462 e. The van der Waals surface area contributed by atoms with Gasteiger partial charge in [-0.1, -0.05) is 17.7 Å². The summed E-state index contributed by atoms with van der Waals surface area (Å²) < 4.78 is 6.60. The zero-order valence-electron chi connectivity index (χ0n) is 16.9. The molecule has 0 unspecified atom stereocenters. The van der Waals surface area contributed by atoms with Crippen LogP contribution in [0, 0.1) is 13.8 Å². The number of esters is 1. The van der Waals surface area contributed by atoms with Crippen molar-refractivity contribution in [2.45, 2.75) is 20.8 Å². The van der Waals surface area contributed by atoms with Crippen molar-refractivity contribution >= 4 is 17.8 Å². The quantitative estimate of drug-likeness (QED) is 0.501. The summed E-state index contributed by atoms with van der Waals surface area (Å²) in [4.78, 5) is 36.3. The molecule has 0 spiro atoms. The third-order valence-corrected chi connectivity index (χ3v) is 4.48. The zero-order chi connectivity index (χ0) is 21.7. The van der Waals surface area contributed by atoms with Crippen molar-refractivity contribution in [3.63, 3.8) is 0 Å². The molecule has 1 aromatic heterocycles. The maximum atomic E-state index is 12.3. The SMILES string of the molecule is CCOC(=O)c1cnn(-c2ccc(C(=O)NNC(=O)c3ccc(C)cc3)cc2)c1C. The van der Waals surface area contributed by atoms with E-state index in [1.807, 2.05) is 19.1 Å². The molecule has 3 rings (SSSR count). The molecule has 0 radical (unpaired) electrons. The first-order valence-electron chi connectivity index (χ1n) is 9.40. The number of carbonyl (C=O) groups excluding carboxylic acids is 3. The first-order valence-corrected chi connectivity index (χ1v) is 9.40. The zero-order valence-corrected chi connectivity index (χ0v) is 16.9. The molecule has 0 saturated heterocycles. The van der Waals surface area contributed by atoms with Gasteiger partial charge in [-0.25, -0.2) is 9.48 Å². The van der Waals surface area contributed by atoms with Crippen molar-refractivity contribution in [2.75, 3.05) is 6.61 Å². The van der Waals surface area contributed by atoms with Gasteiger partial charge in [0.05, 0.1) is 24.2 Å². The lowest BCUT2D eigenvalue weighted by molar-refractivity contribution is 0.0525. The second-order valence-corrected chi connectivity index (χ2v) is 6.60. The van der Waals surface area contributed by atoms with E-state index in [1.165, 1.54) is 6.20 Å². The summed E-state index contributed by atoms with van der Waals surface area (Å²) >= 11 is 0. The fourth-order valence-corrected chi connectivity index (χ4v) is 2.80. The maximum absolute atomic E-state index is 12.3. The summed E-state index contributed by atoms with van der Waals surface area (Å²) in [6.07, 6.45) is 1.45. The Morgan fingerprint density at radius 1 is 0.900 bits per heavy atom. The second-order valence-electron chi connectivity index (χ2n) is 6.60. The van der Waals surface area contributed by atoms with Gasteiger partial charge in [0.25, 0.3) is 11.8 Å². The van der Waals surface area contributed by atoms with Crippen molar-refractivity contribution in [1.82, 2.24) is 20.6 Å². The van der Waals surface area contributed by atoms with Gasteiger partial charge in [0.15, 0.2) is 0 Å². The number of hydrogen-bond donors (Lipinski definition) is 2. The number of rotatable bonds is 5. The molecule has 154 valence electrons. The van der Waals surface area contributed by atoms with Crippen molar-refractivity contribution in [3.8, 4) is 5.69 Å². The Hall–Kier alpha value is -3.94. The fourth-order valence-electron chi connectivity index (χ4n) is 2.80. The number of benzene rings is 2. The molecule has 2 aromatic carbocycles. The molecule has 0 aliphatic heterocycles. The van der Waals surface area contributed by atoms with Crippen LogP contribution in [0.5, 0.6) is 0 Å². The van der Waals surface area contributed by atoms with Crippen LogP contribution in [0.1, 0.15) is 49.3 Å². The van der Waals surface area contributed by atoms with Gasteiger partial charge < -0.3 is 4.74 Å². The van der Waals surface area contributed by atoms with Crippen molar-refractivity contribution in [1.29, 1.82) is 0 Å². The first-order chi connectivity index (χ1) is 14.4. The van der Waals surface area contributed by atoms with E-state index in [-0.39, 0.29) is 6.61 Å². The highest BCUT2D eigenvalue weighted by molar-refractivity contribution is 5.99. The largest absolute Gasteiger partial charge is 0.462 e. The predicted molar refractivity (Wildman–Crippen MR) is 110 cm³/mol. The molecule has 0 bridgehead atoms. The Kier molecular flexibility index (Phi) is 6.26. The van der Waals surface area contributed by atoms with Gasteiger partial charge in [0, 0.05) is 11.1 Å². The second kappa shape index (κ2) is 9.04. The standard InChI is InChI=1S/C22H22N4O4/c1-4-30-22(29)19-13-23-26(15(19)3)18-11-9-17(10-12-18)21(28)25-24-20(27)16-7-5-14(2)6-8-16/h5-13H,4H2,1-3H3,(H,24,27)(H,25,28).